The van der Waals surface area contributed by atoms with Gasteiger partial charge in [0.25, 0.3) is 0 Å². The van der Waals surface area contributed by atoms with E-state index in [1.165, 1.54) is 5.56 Å². The van der Waals surface area contributed by atoms with Crippen molar-refractivity contribution in [3.05, 3.63) is 30.1 Å². The molecule has 2 fully saturated rings. The average molecular weight is 262 g/mol. The number of morpholine rings is 1. The van der Waals surface area contributed by atoms with Gasteiger partial charge in [0.15, 0.2) is 0 Å². The van der Waals surface area contributed by atoms with Crippen molar-refractivity contribution in [1.29, 1.82) is 0 Å². The Morgan fingerprint density at radius 2 is 2.37 bits per heavy atom. The number of aromatic nitrogens is 1. The molecule has 1 N–H and O–H groups in total. The Kier molecular flexibility index (Phi) is 4.11. The lowest BCUT2D eigenvalue weighted by Crippen LogP contribution is -2.50. The fourth-order valence-electron chi connectivity index (χ4n) is 3.39. The standard InChI is InChI=1S/C15H22N2O2/c18-15-5-1-4-13(15)14-11-19-8-7-17(14)10-12-3-2-6-16-9-12/h2-3,6,9,13-15,18H,1,4-5,7-8,10-11H2/t13-,14+,15-/m1/s1. The lowest BCUT2D eigenvalue weighted by atomic mass is 9.94. The molecular formula is C15H22N2O2. The van der Waals surface area contributed by atoms with Gasteiger partial charge < -0.3 is 9.84 Å². The maximum Gasteiger partial charge on any atom is 0.0626 e. The molecule has 1 aliphatic carbocycles. The first-order chi connectivity index (χ1) is 9.34. The van der Waals surface area contributed by atoms with Crippen LogP contribution in [0.15, 0.2) is 24.5 Å². The number of aliphatic hydroxyl groups excluding tert-OH is 1. The zero-order valence-corrected chi connectivity index (χ0v) is 11.2. The number of rotatable bonds is 3. The number of hydrogen-bond donors (Lipinski definition) is 1. The summed E-state index contributed by atoms with van der Waals surface area (Å²) in [5.74, 6) is 0.372. The summed E-state index contributed by atoms with van der Waals surface area (Å²) >= 11 is 0. The van der Waals surface area contributed by atoms with Crippen LogP contribution in [0, 0.1) is 5.92 Å². The molecule has 3 rings (SSSR count). The van der Waals surface area contributed by atoms with Gasteiger partial charge in [-0.2, -0.15) is 0 Å². The SMILES string of the molecule is O[C@@H]1CCC[C@@H]1[C@@H]1COCCN1Cc1cccnc1. The molecule has 1 aromatic rings. The van der Waals surface area contributed by atoms with E-state index in [-0.39, 0.29) is 6.10 Å². The van der Waals surface area contributed by atoms with E-state index in [9.17, 15) is 5.11 Å². The van der Waals surface area contributed by atoms with E-state index in [4.69, 9.17) is 4.74 Å². The van der Waals surface area contributed by atoms with Gasteiger partial charge in [0, 0.05) is 37.4 Å². The summed E-state index contributed by atoms with van der Waals surface area (Å²) in [6, 6.07) is 4.45. The predicted molar refractivity (Wildman–Crippen MR) is 72.6 cm³/mol. The molecule has 1 saturated heterocycles. The van der Waals surface area contributed by atoms with Crippen LogP contribution in [0.2, 0.25) is 0 Å². The van der Waals surface area contributed by atoms with Crippen molar-refractivity contribution in [2.24, 2.45) is 5.92 Å². The molecule has 1 saturated carbocycles. The van der Waals surface area contributed by atoms with Gasteiger partial charge >= 0.3 is 0 Å². The lowest BCUT2D eigenvalue weighted by molar-refractivity contribution is -0.0536. The number of aliphatic hydroxyl groups is 1. The first kappa shape index (κ1) is 13.0. The third-order valence-electron chi connectivity index (χ3n) is 4.41. The van der Waals surface area contributed by atoms with E-state index < -0.39 is 0 Å². The molecular weight excluding hydrogens is 240 g/mol. The molecule has 2 aliphatic rings. The third-order valence-corrected chi connectivity index (χ3v) is 4.41. The average Bonchev–Trinajstić information content (AvgIpc) is 2.87. The van der Waals surface area contributed by atoms with Crippen molar-refractivity contribution in [3.63, 3.8) is 0 Å². The number of hydrogen-bond acceptors (Lipinski definition) is 4. The zero-order valence-electron chi connectivity index (χ0n) is 11.2. The molecule has 0 amide bonds. The minimum atomic E-state index is -0.150. The van der Waals surface area contributed by atoms with Crippen LogP contribution < -0.4 is 0 Å². The second kappa shape index (κ2) is 5.99. The summed E-state index contributed by atoms with van der Waals surface area (Å²) in [7, 11) is 0. The topological polar surface area (TPSA) is 45.6 Å². The Bertz CT molecular complexity index is 398. The molecule has 4 heteroatoms. The molecule has 4 nitrogen and oxygen atoms in total. The van der Waals surface area contributed by atoms with Crippen molar-refractivity contribution in [2.75, 3.05) is 19.8 Å². The van der Waals surface area contributed by atoms with Crippen LogP contribution in [0.3, 0.4) is 0 Å². The van der Waals surface area contributed by atoms with Gasteiger partial charge in [0.2, 0.25) is 0 Å². The smallest absolute Gasteiger partial charge is 0.0626 e. The maximum atomic E-state index is 10.1. The Morgan fingerprint density at radius 1 is 1.42 bits per heavy atom. The van der Waals surface area contributed by atoms with Gasteiger partial charge in [-0.05, 0) is 24.5 Å². The molecule has 1 aromatic heterocycles. The van der Waals surface area contributed by atoms with E-state index in [2.05, 4.69) is 16.0 Å². The molecule has 104 valence electrons. The quantitative estimate of drug-likeness (QED) is 0.895. The van der Waals surface area contributed by atoms with E-state index in [0.717, 1.165) is 45.6 Å². The summed E-state index contributed by atoms with van der Waals surface area (Å²) in [5.41, 5.74) is 1.24. The van der Waals surface area contributed by atoms with E-state index in [1.807, 2.05) is 12.3 Å². The van der Waals surface area contributed by atoms with E-state index in [0.29, 0.717) is 12.0 Å². The minimum absolute atomic E-state index is 0.150. The Labute approximate surface area is 114 Å². The third kappa shape index (κ3) is 2.96. The number of ether oxygens (including phenoxy) is 1. The Hall–Kier alpha value is -0.970. The lowest BCUT2D eigenvalue weighted by Gasteiger charge is -2.40. The van der Waals surface area contributed by atoms with Crippen LogP contribution in [0.25, 0.3) is 0 Å². The first-order valence-corrected chi connectivity index (χ1v) is 7.23. The van der Waals surface area contributed by atoms with Crippen molar-refractivity contribution in [2.45, 2.75) is 38.0 Å². The largest absolute Gasteiger partial charge is 0.393 e. The molecule has 0 aromatic carbocycles. The molecule has 1 aliphatic heterocycles. The van der Waals surface area contributed by atoms with Crippen molar-refractivity contribution in [1.82, 2.24) is 9.88 Å². The molecule has 0 bridgehead atoms. The second-order valence-electron chi connectivity index (χ2n) is 5.64. The summed E-state index contributed by atoms with van der Waals surface area (Å²) in [6.45, 7) is 3.40. The van der Waals surface area contributed by atoms with Gasteiger partial charge in [-0.15, -0.1) is 0 Å². The van der Waals surface area contributed by atoms with Crippen LogP contribution in [-0.4, -0.2) is 46.9 Å². The van der Waals surface area contributed by atoms with Gasteiger partial charge in [-0.3, -0.25) is 9.88 Å². The molecule has 0 spiro atoms. The minimum Gasteiger partial charge on any atom is -0.393 e. The van der Waals surface area contributed by atoms with Crippen LogP contribution in [0.4, 0.5) is 0 Å². The van der Waals surface area contributed by atoms with Crippen LogP contribution in [-0.2, 0) is 11.3 Å². The van der Waals surface area contributed by atoms with Crippen LogP contribution >= 0.6 is 0 Å². The maximum absolute atomic E-state index is 10.1. The highest BCUT2D eigenvalue weighted by atomic mass is 16.5. The molecule has 19 heavy (non-hydrogen) atoms. The number of nitrogens with zero attached hydrogens (tertiary/aromatic N) is 2. The molecule has 0 unspecified atom stereocenters. The highest BCUT2D eigenvalue weighted by Gasteiger charge is 2.37. The zero-order chi connectivity index (χ0) is 13.1. The van der Waals surface area contributed by atoms with E-state index >= 15 is 0 Å². The summed E-state index contributed by atoms with van der Waals surface area (Å²) in [6.07, 6.45) is 6.80. The highest BCUT2D eigenvalue weighted by Crippen LogP contribution is 2.32. The van der Waals surface area contributed by atoms with Crippen molar-refractivity contribution >= 4 is 0 Å². The monoisotopic (exact) mass is 262 g/mol. The predicted octanol–water partition coefficient (Wildman–Crippen LogP) is 1.44. The molecule has 2 heterocycles. The van der Waals surface area contributed by atoms with Gasteiger partial charge in [-0.1, -0.05) is 12.5 Å². The fraction of sp³-hybridized carbons (Fsp3) is 0.667. The van der Waals surface area contributed by atoms with Gasteiger partial charge in [0.05, 0.1) is 19.3 Å². The fourth-order valence-corrected chi connectivity index (χ4v) is 3.39. The summed E-state index contributed by atoms with van der Waals surface area (Å²) in [4.78, 5) is 6.64. The van der Waals surface area contributed by atoms with Crippen LogP contribution in [0.1, 0.15) is 24.8 Å². The summed E-state index contributed by atoms with van der Waals surface area (Å²) < 4.78 is 5.64. The van der Waals surface area contributed by atoms with Crippen molar-refractivity contribution in [3.8, 4) is 0 Å². The Balaban J connectivity index is 1.70. The van der Waals surface area contributed by atoms with Crippen LogP contribution in [0.5, 0.6) is 0 Å². The molecule has 0 radical (unpaired) electrons. The Morgan fingerprint density at radius 3 is 3.11 bits per heavy atom. The van der Waals surface area contributed by atoms with Crippen molar-refractivity contribution < 1.29 is 9.84 Å². The van der Waals surface area contributed by atoms with Gasteiger partial charge in [0.1, 0.15) is 0 Å². The van der Waals surface area contributed by atoms with E-state index in [1.54, 1.807) is 6.20 Å². The molecule has 3 atom stereocenters. The normalized spacial score (nSPS) is 32.6. The second-order valence-corrected chi connectivity index (χ2v) is 5.64. The first-order valence-electron chi connectivity index (χ1n) is 7.23. The highest BCUT2D eigenvalue weighted by molar-refractivity contribution is 5.09. The van der Waals surface area contributed by atoms with Gasteiger partial charge in [-0.25, -0.2) is 0 Å². The summed E-state index contributed by atoms with van der Waals surface area (Å²) in [5, 5.41) is 10.1. The number of pyridine rings is 1.